The molecule has 1 heterocycles. The molecule has 2 aromatic carbocycles. The number of carboxylic acid groups (broad SMARTS) is 1. The van der Waals surface area contributed by atoms with Crippen molar-refractivity contribution in [1.82, 2.24) is 9.78 Å². The number of ether oxygens (including phenoxy) is 2. The number of methoxy groups -OCH3 is 1. The first kappa shape index (κ1) is 23.1. The van der Waals surface area contributed by atoms with Gasteiger partial charge in [-0.1, -0.05) is 42.5 Å². The van der Waals surface area contributed by atoms with Crippen LogP contribution in [0, 0.1) is 18.8 Å². The molecule has 3 aromatic rings. The first-order valence-electron chi connectivity index (χ1n) is 11.6. The van der Waals surface area contributed by atoms with Crippen LogP contribution in [0.5, 0.6) is 5.75 Å². The molecule has 1 fully saturated rings. The Labute approximate surface area is 195 Å². The molecule has 4 rings (SSSR count). The van der Waals surface area contributed by atoms with E-state index < -0.39 is 5.97 Å². The molecule has 1 N–H and O–H groups in total. The summed E-state index contributed by atoms with van der Waals surface area (Å²) in [6.07, 6.45) is 4.31. The minimum absolute atomic E-state index is 0.210. The zero-order valence-corrected chi connectivity index (χ0v) is 19.4. The van der Waals surface area contributed by atoms with Gasteiger partial charge < -0.3 is 14.6 Å². The van der Waals surface area contributed by atoms with Crippen molar-refractivity contribution in [2.75, 3.05) is 20.3 Å². The van der Waals surface area contributed by atoms with Crippen molar-refractivity contribution >= 4 is 5.97 Å². The molecule has 0 amide bonds. The lowest BCUT2D eigenvalue weighted by Gasteiger charge is -2.28. The Balaban J connectivity index is 1.57. The molecular formula is C27H32N2O4. The summed E-state index contributed by atoms with van der Waals surface area (Å²) < 4.78 is 13.0. The number of carbonyl (C=O) groups is 1. The van der Waals surface area contributed by atoms with Gasteiger partial charge in [-0.15, -0.1) is 0 Å². The summed E-state index contributed by atoms with van der Waals surface area (Å²) in [6, 6.07) is 18.6. The van der Waals surface area contributed by atoms with E-state index in [0.29, 0.717) is 18.4 Å². The van der Waals surface area contributed by atoms with Crippen molar-refractivity contribution in [3.05, 3.63) is 60.3 Å². The van der Waals surface area contributed by atoms with Crippen LogP contribution in [0.25, 0.3) is 22.4 Å². The van der Waals surface area contributed by atoms with Gasteiger partial charge in [0.1, 0.15) is 12.4 Å². The number of rotatable bonds is 9. The monoisotopic (exact) mass is 448 g/mol. The van der Waals surface area contributed by atoms with Crippen LogP contribution in [-0.4, -0.2) is 41.2 Å². The minimum atomic E-state index is -0.906. The van der Waals surface area contributed by atoms with Gasteiger partial charge in [-0.05, 0) is 62.1 Å². The van der Waals surface area contributed by atoms with Gasteiger partial charge in [-0.2, -0.15) is 5.10 Å². The van der Waals surface area contributed by atoms with Gasteiger partial charge in [0.25, 0.3) is 0 Å². The highest BCUT2D eigenvalue weighted by molar-refractivity contribution is 5.83. The zero-order chi connectivity index (χ0) is 23.2. The van der Waals surface area contributed by atoms with Crippen LogP contribution in [-0.2, 0) is 16.1 Å². The number of carboxylic acids is 1. The molecular weight excluding hydrogens is 416 g/mol. The van der Waals surface area contributed by atoms with Crippen molar-refractivity contribution in [1.29, 1.82) is 0 Å². The van der Waals surface area contributed by atoms with Crippen molar-refractivity contribution in [2.24, 2.45) is 11.8 Å². The third-order valence-electron chi connectivity index (χ3n) is 6.51. The maximum Gasteiger partial charge on any atom is 0.329 e. The summed E-state index contributed by atoms with van der Waals surface area (Å²) >= 11 is 0. The number of nitrogens with zero attached hydrogens (tertiary/aromatic N) is 2. The predicted octanol–water partition coefficient (Wildman–Crippen LogP) is 5.44. The molecule has 33 heavy (non-hydrogen) atoms. The smallest absolute Gasteiger partial charge is 0.329 e. The van der Waals surface area contributed by atoms with Gasteiger partial charge in [-0.25, -0.2) is 4.79 Å². The minimum Gasteiger partial charge on any atom is -0.497 e. The van der Waals surface area contributed by atoms with Gasteiger partial charge in [0.15, 0.2) is 0 Å². The van der Waals surface area contributed by atoms with Gasteiger partial charge in [0, 0.05) is 17.7 Å². The highest BCUT2D eigenvalue weighted by Crippen LogP contribution is 2.38. The Morgan fingerprint density at radius 3 is 2.42 bits per heavy atom. The summed E-state index contributed by atoms with van der Waals surface area (Å²) in [5.41, 5.74) is 5.59. The van der Waals surface area contributed by atoms with Gasteiger partial charge in [0.05, 0.1) is 25.1 Å². The van der Waals surface area contributed by atoms with Crippen molar-refractivity contribution in [2.45, 2.75) is 39.2 Å². The zero-order valence-electron chi connectivity index (χ0n) is 19.4. The van der Waals surface area contributed by atoms with Crippen LogP contribution < -0.4 is 4.74 Å². The van der Waals surface area contributed by atoms with Crippen molar-refractivity contribution in [3.63, 3.8) is 0 Å². The Hall–Kier alpha value is -3.12. The molecule has 1 aromatic heterocycles. The lowest BCUT2D eigenvalue weighted by molar-refractivity contribution is -0.142. The van der Waals surface area contributed by atoms with Crippen molar-refractivity contribution in [3.8, 4) is 28.1 Å². The fourth-order valence-electron chi connectivity index (χ4n) is 4.87. The molecule has 6 heteroatoms. The van der Waals surface area contributed by atoms with E-state index in [1.165, 1.54) is 11.1 Å². The Kier molecular flexibility index (Phi) is 7.45. The second kappa shape index (κ2) is 10.7. The lowest BCUT2D eigenvalue weighted by Crippen LogP contribution is -2.23. The molecule has 0 unspecified atom stereocenters. The molecule has 0 bridgehead atoms. The van der Waals surface area contributed by atoms with E-state index in [2.05, 4.69) is 48.0 Å². The van der Waals surface area contributed by atoms with Crippen LogP contribution in [0.1, 0.15) is 31.4 Å². The van der Waals surface area contributed by atoms with E-state index in [4.69, 9.17) is 19.7 Å². The van der Waals surface area contributed by atoms with E-state index in [1.807, 2.05) is 18.2 Å². The fraction of sp³-hybridized carbons (Fsp3) is 0.407. The molecule has 174 valence electrons. The molecule has 0 atom stereocenters. The van der Waals surface area contributed by atoms with E-state index in [1.54, 1.807) is 7.11 Å². The number of aryl methyl sites for hydroxylation is 1. The van der Waals surface area contributed by atoms with E-state index in [-0.39, 0.29) is 6.61 Å². The van der Waals surface area contributed by atoms with E-state index in [9.17, 15) is 4.79 Å². The topological polar surface area (TPSA) is 73.6 Å². The molecule has 0 radical (unpaired) electrons. The van der Waals surface area contributed by atoms with Crippen molar-refractivity contribution < 1.29 is 19.4 Å². The third kappa shape index (κ3) is 5.63. The fourth-order valence-corrected chi connectivity index (χ4v) is 4.87. The Morgan fingerprint density at radius 1 is 1.03 bits per heavy atom. The van der Waals surface area contributed by atoms with Crippen LogP contribution in [0.15, 0.2) is 54.6 Å². The third-order valence-corrected chi connectivity index (χ3v) is 6.51. The van der Waals surface area contributed by atoms with Crippen LogP contribution >= 0.6 is 0 Å². The molecule has 1 saturated carbocycles. The highest BCUT2D eigenvalue weighted by atomic mass is 16.5. The summed E-state index contributed by atoms with van der Waals surface area (Å²) in [7, 11) is 1.69. The van der Waals surface area contributed by atoms with Gasteiger partial charge in [-0.3, -0.25) is 4.68 Å². The molecule has 6 nitrogen and oxygen atoms in total. The maximum atomic E-state index is 10.7. The summed E-state index contributed by atoms with van der Waals surface area (Å²) in [6.45, 7) is 3.27. The summed E-state index contributed by atoms with van der Waals surface area (Å²) in [5, 5.41) is 13.8. The number of hydrogen-bond acceptors (Lipinski definition) is 4. The average Bonchev–Trinajstić information content (AvgIpc) is 3.16. The quantitative estimate of drug-likeness (QED) is 0.472. The lowest BCUT2D eigenvalue weighted by atomic mass is 9.82. The molecule has 0 spiro atoms. The number of hydrogen-bond donors (Lipinski definition) is 1. The van der Waals surface area contributed by atoms with Gasteiger partial charge >= 0.3 is 5.97 Å². The maximum absolute atomic E-state index is 10.7. The number of aromatic nitrogens is 2. The molecule has 1 aliphatic rings. The largest absolute Gasteiger partial charge is 0.497 e. The summed E-state index contributed by atoms with van der Waals surface area (Å²) in [4.78, 5) is 10.7. The summed E-state index contributed by atoms with van der Waals surface area (Å²) in [5.74, 6) is 0.904. The Bertz CT molecular complexity index is 1070. The second-order valence-electron chi connectivity index (χ2n) is 8.88. The van der Waals surface area contributed by atoms with Gasteiger partial charge in [0.2, 0.25) is 0 Å². The highest BCUT2D eigenvalue weighted by Gasteiger charge is 2.25. The first-order valence-corrected chi connectivity index (χ1v) is 11.6. The molecule has 0 saturated heterocycles. The van der Waals surface area contributed by atoms with E-state index >= 15 is 0 Å². The van der Waals surface area contributed by atoms with Crippen LogP contribution in [0.3, 0.4) is 0 Å². The predicted molar refractivity (Wildman–Crippen MR) is 128 cm³/mol. The molecule has 1 aliphatic carbocycles. The van der Waals surface area contributed by atoms with E-state index in [0.717, 1.165) is 54.9 Å². The number of aliphatic carboxylic acids is 1. The average molecular weight is 449 g/mol. The Morgan fingerprint density at radius 2 is 1.73 bits per heavy atom. The first-order chi connectivity index (χ1) is 16.0. The van der Waals surface area contributed by atoms with Crippen LogP contribution in [0.4, 0.5) is 0 Å². The van der Waals surface area contributed by atoms with Crippen LogP contribution in [0.2, 0.25) is 0 Å². The SMILES string of the molecule is COc1cccc(-c2c(-c3ccccc3)c(C)nn2C[C@H]2CC[C@@H](COCC(=O)O)CC2)c1. The second-order valence-corrected chi connectivity index (χ2v) is 8.88. The molecule has 0 aliphatic heterocycles. The number of benzene rings is 2. The standard InChI is InChI=1S/C27H32N2O4/c1-19-26(22-7-4-3-5-8-22)27(23-9-6-10-24(15-23)32-2)29(28-19)16-20-11-13-21(14-12-20)17-33-18-25(30)31/h3-10,15,20-21H,11-14,16-18H2,1-2H3,(H,30,31)/t20-,21+. The normalized spacial score (nSPS) is 18.2.